The Labute approximate surface area is 74.7 Å². The van der Waals surface area contributed by atoms with E-state index in [2.05, 4.69) is 10.3 Å². The van der Waals surface area contributed by atoms with Gasteiger partial charge in [0.25, 0.3) is 0 Å². The van der Waals surface area contributed by atoms with Gasteiger partial charge in [-0.05, 0) is 12.1 Å². The molecule has 1 aromatic heterocycles. The molecule has 1 rings (SSSR count). The number of anilines is 1. The molecule has 0 atom stereocenters. The van der Waals surface area contributed by atoms with Crippen LogP contribution in [0.2, 0.25) is 5.02 Å². The van der Waals surface area contributed by atoms with Gasteiger partial charge in [-0.15, -0.1) is 0 Å². The van der Waals surface area contributed by atoms with Crippen molar-refractivity contribution < 1.29 is 4.79 Å². The molecule has 0 bridgehead atoms. The van der Waals surface area contributed by atoms with Gasteiger partial charge in [0.1, 0.15) is 5.82 Å². The van der Waals surface area contributed by atoms with Crippen molar-refractivity contribution >= 4 is 23.8 Å². The smallest absolute Gasteiger partial charge is 0.207 e. The number of carbonyl (C=O) groups is 1. The number of nitrogens with two attached hydrogens (primary N) is 1. The molecule has 0 aromatic carbocycles. The standard InChI is InChI=1S/C7H8ClN3O/c8-5-1-6(3-10-4-12)11-7(9)2-5/h1-2,4H,3H2,(H2,9,11)(H,10,12). The molecule has 1 aromatic rings. The first kappa shape index (κ1) is 8.80. The zero-order valence-corrected chi connectivity index (χ0v) is 7.01. The number of halogens is 1. The summed E-state index contributed by atoms with van der Waals surface area (Å²) in [6.07, 6.45) is 0.596. The molecule has 0 unspecified atom stereocenters. The van der Waals surface area contributed by atoms with Crippen LogP contribution in [0.25, 0.3) is 0 Å². The summed E-state index contributed by atoms with van der Waals surface area (Å²) in [6, 6.07) is 3.19. The number of hydrogen-bond acceptors (Lipinski definition) is 3. The Kier molecular flexibility index (Phi) is 2.88. The number of nitrogens with one attached hydrogen (secondary N) is 1. The number of pyridine rings is 1. The van der Waals surface area contributed by atoms with Crippen LogP contribution < -0.4 is 11.1 Å². The highest BCUT2D eigenvalue weighted by atomic mass is 35.5. The van der Waals surface area contributed by atoms with Crippen molar-refractivity contribution in [2.24, 2.45) is 0 Å². The molecule has 0 saturated heterocycles. The van der Waals surface area contributed by atoms with Gasteiger partial charge >= 0.3 is 0 Å². The number of amides is 1. The maximum Gasteiger partial charge on any atom is 0.207 e. The largest absolute Gasteiger partial charge is 0.384 e. The highest BCUT2D eigenvalue weighted by Crippen LogP contribution is 2.12. The quantitative estimate of drug-likeness (QED) is 0.677. The highest BCUT2D eigenvalue weighted by Gasteiger charge is 1.97. The Morgan fingerprint density at radius 2 is 2.42 bits per heavy atom. The monoisotopic (exact) mass is 185 g/mol. The number of carbonyl (C=O) groups excluding carboxylic acids is 1. The van der Waals surface area contributed by atoms with Crippen molar-refractivity contribution in [3.05, 3.63) is 22.8 Å². The summed E-state index contributed by atoms with van der Waals surface area (Å²) >= 11 is 5.69. The molecule has 12 heavy (non-hydrogen) atoms. The van der Waals surface area contributed by atoms with Crippen LogP contribution in [0.1, 0.15) is 5.69 Å². The van der Waals surface area contributed by atoms with Crippen LogP contribution in [0.3, 0.4) is 0 Å². The topological polar surface area (TPSA) is 68.0 Å². The summed E-state index contributed by atoms with van der Waals surface area (Å²) in [7, 11) is 0. The van der Waals surface area contributed by atoms with E-state index in [0.29, 0.717) is 29.5 Å². The molecule has 0 fully saturated rings. The molecule has 5 heteroatoms. The van der Waals surface area contributed by atoms with Crippen LogP contribution in [-0.2, 0) is 11.3 Å². The predicted molar refractivity (Wildman–Crippen MR) is 46.6 cm³/mol. The van der Waals surface area contributed by atoms with Gasteiger partial charge in [-0.2, -0.15) is 0 Å². The molecule has 1 heterocycles. The fraction of sp³-hybridized carbons (Fsp3) is 0.143. The Hall–Kier alpha value is -1.29. The minimum absolute atomic E-state index is 0.342. The molecule has 64 valence electrons. The average molecular weight is 186 g/mol. The third-order valence-corrected chi connectivity index (χ3v) is 1.45. The summed E-state index contributed by atoms with van der Waals surface area (Å²) in [5.41, 5.74) is 6.06. The van der Waals surface area contributed by atoms with E-state index in [1.54, 1.807) is 12.1 Å². The second-order valence-corrected chi connectivity index (χ2v) is 2.64. The number of rotatable bonds is 3. The van der Waals surface area contributed by atoms with Crippen LogP contribution >= 0.6 is 11.6 Å². The maximum absolute atomic E-state index is 9.94. The van der Waals surface area contributed by atoms with E-state index in [1.165, 1.54) is 0 Å². The first-order valence-corrected chi connectivity index (χ1v) is 3.69. The van der Waals surface area contributed by atoms with Crippen molar-refractivity contribution in [3.8, 4) is 0 Å². The van der Waals surface area contributed by atoms with Crippen LogP contribution in [0.15, 0.2) is 12.1 Å². The molecular weight excluding hydrogens is 178 g/mol. The highest BCUT2D eigenvalue weighted by molar-refractivity contribution is 6.30. The molecule has 0 aliphatic carbocycles. The van der Waals surface area contributed by atoms with Crippen molar-refractivity contribution in [1.29, 1.82) is 0 Å². The zero-order valence-electron chi connectivity index (χ0n) is 6.25. The van der Waals surface area contributed by atoms with Crippen molar-refractivity contribution in [3.63, 3.8) is 0 Å². The van der Waals surface area contributed by atoms with E-state index in [0.717, 1.165) is 0 Å². The summed E-state index contributed by atoms with van der Waals surface area (Å²) < 4.78 is 0. The number of aromatic nitrogens is 1. The van der Waals surface area contributed by atoms with Gasteiger partial charge in [0.2, 0.25) is 6.41 Å². The van der Waals surface area contributed by atoms with Crippen molar-refractivity contribution in [2.45, 2.75) is 6.54 Å². The second kappa shape index (κ2) is 3.92. The third kappa shape index (κ3) is 2.39. The summed E-state index contributed by atoms with van der Waals surface area (Å²) in [6.45, 7) is 0.342. The maximum atomic E-state index is 9.94. The lowest BCUT2D eigenvalue weighted by molar-refractivity contribution is -0.109. The Bertz CT molecular complexity index is 270. The molecule has 3 N–H and O–H groups in total. The van der Waals surface area contributed by atoms with Gasteiger partial charge in [0.05, 0.1) is 12.2 Å². The van der Waals surface area contributed by atoms with Crippen LogP contribution in [0, 0.1) is 0 Å². The summed E-state index contributed by atoms with van der Waals surface area (Å²) in [5, 5.41) is 2.98. The van der Waals surface area contributed by atoms with Crippen molar-refractivity contribution in [2.75, 3.05) is 5.73 Å². The van der Waals surface area contributed by atoms with Gasteiger partial charge in [0.15, 0.2) is 0 Å². The minimum atomic E-state index is 0.342. The lowest BCUT2D eigenvalue weighted by atomic mass is 10.3. The van der Waals surface area contributed by atoms with Gasteiger partial charge in [-0.1, -0.05) is 11.6 Å². The lowest BCUT2D eigenvalue weighted by Gasteiger charge is -2.00. The first-order chi connectivity index (χ1) is 5.72. The van der Waals surface area contributed by atoms with E-state index in [1.807, 2.05) is 0 Å². The predicted octanol–water partition coefficient (Wildman–Crippen LogP) is 0.563. The summed E-state index contributed by atoms with van der Waals surface area (Å²) in [4.78, 5) is 13.9. The Morgan fingerprint density at radius 3 is 3.00 bits per heavy atom. The normalized spacial score (nSPS) is 9.42. The SMILES string of the molecule is Nc1cc(Cl)cc(CNC=O)n1. The van der Waals surface area contributed by atoms with Gasteiger partial charge in [-0.25, -0.2) is 4.98 Å². The van der Waals surface area contributed by atoms with E-state index in [-0.39, 0.29) is 0 Å². The lowest BCUT2D eigenvalue weighted by Crippen LogP contribution is -2.11. The molecule has 0 aliphatic heterocycles. The Balaban J connectivity index is 2.78. The molecule has 0 radical (unpaired) electrons. The number of nitrogens with zero attached hydrogens (tertiary/aromatic N) is 1. The zero-order chi connectivity index (χ0) is 8.97. The minimum Gasteiger partial charge on any atom is -0.384 e. The average Bonchev–Trinajstić information content (AvgIpc) is 1.99. The Morgan fingerprint density at radius 1 is 1.67 bits per heavy atom. The fourth-order valence-corrected chi connectivity index (χ4v) is 1.05. The van der Waals surface area contributed by atoms with Crippen LogP contribution in [0.5, 0.6) is 0 Å². The third-order valence-electron chi connectivity index (χ3n) is 1.23. The molecule has 0 spiro atoms. The van der Waals surface area contributed by atoms with E-state index in [9.17, 15) is 4.79 Å². The fourth-order valence-electron chi connectivity index (χ4n) is 0.809. The molecule has 0 saturated carbocycles. The number of nitrogen functional groups attached to an aromatic ring is 1. The van der Waals surface area contributed by atoms with Gasteiger partial charge in [-0.3, -0.25) is 4.79 Å². The molecule has 0 aliphatic rings. The van der Waals surface area contributed by atoms with Gasteiger partial charge < -0.3 is 11.1 Å². The van der Waals surface area contributed by atoms with E-state index in [4.69, 9.17) is 17.3 Å². The van der Waals surface area contributed by atoms with Crippen LogP contribution in [0.4, 0.5) is 5.82 Å². The van der Waals surface area contributed by atoms with Crippen LogP contribution in [-0.4, -0.2) is 11.4 Å². The van der Waals surface area contributed by atoms with Crippen molar-refractivity contribution in [1.82, 2.24) is 10.3 Å². The molecule has 1 amide bonds. The number of hydrogen-bond donors (Lipinski definition) is 2. The first-order valence-electron chi connectivity index (χ1n) is 3.31. The summed E-state index contributed by atoms with van der Waals surface area (Å²) in [5.74, 6) is 0.352. The van der Waals surface area contributed by atoms with E-state index < -0.39 is 0 Å². The van der Waals surface area contributed by atoms with E-state index >= 15 is 0 Å². The molecule has 4 nitrogen and oxygen atoms in total. The van der Waals surface area contributed by atoms with Gasteiger partial charge in [0, 0.05) is 5.02 Å². The second-order valence-electron chi connectivity index (χ2n) is 2.20. The molecular formula is C7H8ClN3O.